The lowest BCUT2D eigenvalue weighted by Gasteiger charge is -2.17. The van der Waals surface area contributed by atoms with Crippen molar-refractivity contribution in [2.75, 3.05) is 14.2 Å². The van der Waals surface area contributed by atoms with Gasteiger partial charge in [-0.15, -0.1) is 0 Å². The van der Waals surface area contributed by atoms with Gasteiger partial charge in [0.15, 0.2) is 0 Å². The van der Waals surface area contributed by atoms with E-state index >= 15 is 0 Å². The van der Waals surface area contributed by atoms with Crippen molar-refractivity contribution in [1.82, 2.24) is 5.32 Å². The molecule has 0 heterocycles. The quantitative estimate of drug-likeness (QED) is 0.781. The Morgan fingerprint density at radius 3 is 2.07 bits per heavy atom. The van der Waals surface area contributed by atoms with Crippen LogP contribution in [0.5, 0.6) is 5.75 Å². The number of alkyl halides is 3. The summed E-state index contributed by atoms with van der Waals surface area (Å²) in [5, 5.41) is 2.49. The molecule has 0 aliphatic rings. The van der Waals surface area contributed by atoms with Crippen LogP contribution in [0.4, 0.5) is 13.2 Å². The molecule has 0 saturated heterocycles. The maximum Gasteiger partial charge on any atom is 0.416 e. The van der Waals surface area contributed by atoms with Gasteiger partial charge in [0.2, 0.25) is 0 Å². The molecule has 1 atom stereocenters. The largest absolute Gasteiger partial charge is 0.497 e. The molecule has 0 spiro atoms. The molecule has 0 bridgehead atoms. The molecule has 5 nitrogen and oxygen atoms in total. The van der Waals surface area contributed by atoms with Crippen LogP contribution in [0.1, 0.15) is 21.5 Å². The minimum atomic E-state index is -4.49. The first-order valence-electron chi connectivity index (χ1n) is 7.93. The number of methoxy groups -OCH3 is 2. The summed E-state index contributed by atoms with van der Waals surface area (Å²) >= 11 is 0. The van der Waals surface area contributed by atoms with E-state index < -0.39 is 29.7 Å². The summed E-state index contributed by atoms with van der Waals surface area (Å²) in [6, 6.07) is 9.63. The zero-order valence-electron chi connectivity index (χ0n) is 14.7. The van der Waals surface area contributed by atoms with Gasteiger partial charge in [-0.05, 0) is 42.0 Å². The van der Waals surface area contributed by atoms with Crippen molar-refractivity contribution in [2.24, 2.45) is 0 Å². The van der Waals surface area contributed by atoms with E-state index in [0.29, 0.717) is 5.75 Å². The molecule has 0 aliphatic carbocycles. The van der Waals surface area contributed by atoms with Crippen LogP contribution in [0.25, 0.3) is 0 Å². The number of hydrogen-bond donors (Lipinski definition) is 1. The number of carbonyl (C=O) groups is 2. The number of amides is 1. The summed E-state index contributed by atoms with van der Waals surface area (Å²) < 4.78 is 47.6. The number of esters is 1. The van der Waals surface area contributed by atoms with Gasteiger partial charge in [-0.2, -0.15) is 13.2 Å². The summed E-state index contributed by atoms with van der Waals surface area (Å²) in [5.74, 6) is -0.694. The third-order valence-electron chi connectivity index (χ3n) is 3.86. The first-order chi connectivity index (χ1) is 12.7. The number of carbonyl (C=O) groups excluding carboxylic acids is 2. The van der Waals surface area contributed by atoms with E-state index in [1.165, 1.54) is 14.2 Å². The van der Waals surface area contributed by atoms with Gasteiger partial charge in [-0.1, -0.05) is 12.1 Å². The SMILES string of the molecule is COC(=O)[C@@H](Cc1ccc(OC)cc1)NC(=O)c1ccc(C(F)(F)F)cc1. The Bertz CT molecular complexity index is 786. The van der Waals surface area contributed by atoms with Crippen LogP contribution in [-0.4, -0.2) is 32.1 Å². The van der Waals surface area contributed by atoms with Crippen LogP contribution in [-0.2, 0) is 22.1 Å². The number of rotatable bonds is 6. The van der Waals surface area contributed by atoms with E-state index in [9.17, 15) is 22.8 Å². The molecule has 0 radical (unpaired) electrons. The van der Waals surface area contributed by atoms with E-state index in [1.54, 1.807) is 24.3 Å². The fraction of sp³-hybridized carbons (Fsp3) is 0.263. The average molecular weight is 381 g/mol. The monoisotopic (exact) mass is 381 g/mol. The summed E-state index contributed by atoms with van der Waals surface area (Å²) in [6.45, 7) is 0. The normalized spacial score (nSPS) is 12.2. The summed E-state index contributed by atoms with van der Waals surface area (Å²) in [4.78, 5) is 24.3. The topological polar surface area (TPSA) is 64.6 Å². The predicted octanol–water partition coefficient (Wildman–Crippen LogP) is 3.23. The van der Waals surface area contributed by atoms with Crippen molar-refractivity contribution >= 4 is 11.9 Å². The van der Waals surface area contributed by atoms with Gasteiger partial charge < -0.3 is 14.8 Å². The van der Waals surface area contributed by atoms with Gasteiger partial charge in [-0.25, -0.2) is 4.79 Å². The van der Waals surface area contributed by atoms with Crippen molar-refractivity contribution in [2.45, 2.75) is 18.6 Å². The Kier molecular flexibility index (Phi) is 6.44. The smallest absolute Gasteiger partial charge is 0.416 e. The van der Waals surface area contributed by atoms with E-state index in [-0.39, 0.29) is 12.0 Å². The zero-order chi connectivity index (χ0) is 20.0. The van der Waals surface area contributed by atoms with Gasteiger partial charge >= 0.3 is 12.1 Å². The highest BCUT2D eigenvalue weighted by atomic mass is 19.4. The van der Waals surface area contributed by atoms with Gasteiger partial charge in [-0.3, -0.25) is 4.79 Å². The minimum Gasteiger partial charge on any atom is -0.497 e. The number of ether oxygens (including phenoxy) is 2. The fourth-order valence-electron chi connectivity index (χ4n) is 2.39. The lowest BCUT2D eigenvalue weighted by Crippen LogP contribution is -2.43. The third-order valence-corrected chi connectivity index (χ3v) is 3.86. The molecule has 0 aliphatic heterocycles. The van der Waals surface area contributed by atoms with Crippen molar-refractivity contribution in [3.63, 3.8) is 0 Å². The van der Waals surface area contributed by atoms with Crippen molar-refractivity contribution < 1.29 is 32.2 Å². The standard InChI is InChI=1S/C19H18F3NO4/c1-26-15-9-3-12(4-10-15)11-16(18(25)27-2)23-17(24)13-5-7-14(8-6-13)19(20,21)22/h3-10,16H,11H2,1-2H3,(H,23,24)/t16-/m1/s1. The average Bonchev–Trinajstić information content (AvgIpc) is 2.66. The number of benzene rings is 2. The van der Waals surface area contributed by atoms with E-state index in [0.717, 1.165) is 29.8 Å². The molecule has 8 heteroatoms. The van der Waals surface area contributed by atoms with E-state index in [1.807, 2.05) is 0 Å². The molecule has 0 unspecified atom stereocenters. The van der Waals surface area contributed by atoms with Crippen molar-refractivity contribution in [3.05, 3.63) is 65.2 Å². The minimum absolute atomic E-state index is 0.00614. The molecule has 1 amide bonds. The van der Waals surface area contributed by atoms with Crippen LogP contribution in [0.3, 0.4) is 0 Å². The van der Waals surface area contributed by atoms with Crippen LogP contribution in [0.15, 0.2) is 48.5 Å². The van der Waals surface area contributed by atoms with Crippen molar-refractivity contribution in [1.29, 1.82) is 0 Å². The maximum absolute atomic E-state index is 12.6. The molecule has 27 heavy (non-hydrogen) atoms. The van der Waals surface area contributed by atoms with E-state index in [2.05, 4.69) is 5.32 Å². The molecule has 0 fully saturated rings. The molecule has 144 valence electrons. The highest BCUT2D eigenvalue weighted by Gasteiger charge is 2.30. The lowest BCUT2D eigenvalue weighted by atomic mass is 10.0. The summed E-state index contributed by atoms with van der Waals surface area (Å²) in [6.07, 6.45) is -4.33. The van der Waals surface area contributed by atoms with Gasteiger partial charge in [0.05, 0.1) is 19.8 Å². The zero-order valence-corrected chi connectivity index (χ0v) is 14.7. The second-order valence-corrected chi connectivity index (χ2v) is 5.68. The Morgan fingerprint density at radius 1 is 1.00 bits per heavy atom. The third kappa shape index (κ3) is 5.47. The number of hydrogen-bond acceptors (Lipinski definition) is 4. The molecule has 2 aromatic rings. The molecular weight excluding hydrogens is 363 g/mol. The van der Waals surface area contributed by atoms with Crippen LogP contribution >= 0.6 is 0 Å². The predicted molar refractivity (Wildman–Crippen MR) is 91.4 cm³/mol. The highest BCUT2D eigenvalue weighted by molar-refractivity contribution is 5.96. The first-order valence-corrected chi connectivity index (χ1v) is 7.93. The second-order valence-electron chi connectivity index (χ2n) is 5.68. The molecule has 0 saturated carbocycles. The highest BCUT2D eigenvalue weighted by Crippen LogP contribution is 2.29. The summed E-state index contributed by atoms with van der Waals surface area (Å²) in [7, 11) is 2.71. The second kappa shape index (κ2) is 8.57. The van der Waals surface area contributed by atoms with Crippen molar-refractivity contribution in [3.8, 4) is 5.75 Å². The number of halogens is 3. The van der Waals surface area contributed by atoms with Crippen LogP contribution < -0.4 is 10.1 Å². The Hall–Kier alpha value is -3.03. The molecular formula is C19H18F3NO4. The Balaban J connectivity index is 2.12. The molecule has 0 aromatic heterocycles. The van der Waals surface area contributed by atoms with Gasteiger partial charge in [0.1, 0.15) is 11.8 Å². The lowest BCUT2D eigenvalue weighted by molar-refractivity contribution is -0.142. The molecule has 1 N–H and O–H groups in total. The van der Waals surface area contributed by atoms with Gasteiger partial charge in [0.25, 0.3) is 5.91 Å². The fourth-order valence-corrected chi connectivity index (χ4v) is 2.39. The molecule has 2 rings (SSSR count). The summed E-state index contributed by atoms with van der Waals surface area (Å²) in [5.41, 5.74) is -0.104. The van der Waals surface area contributed by atoms with E-state index in [4.69, 9.17) is 9.47 Å². The first kappa shape index (κ1) is 20.3. The van der Waals surface area contributed by atoms with Crippen LogP contribution in [0.2, 0.25) is 0 Å². The van der Waals surface area contributed by atoms with Crippen LogP contribution in [0, 0.1) is 0 Å². The number of nitrogens with one attached hydrogen (secondary N) is 1. The Morgan fingerprint density at radius 2 is 1.59 bits per heavy atom. The van der Waals surface area contributed by atoms with Gasteiger partial charge in [0, 0.05) is 12.0 Å². The molecule has 2 aromatic carbocycles. The maximum atomic E-state index is 12.6. The Labute approximate surface area is 154 Å².